The smallest absolute Gasteiger partial charge is 0.323 e. The molecule has 2 aliphatic carbocycles. The molecule has 3 unspecified atom stereocenters. The molecule has 29 heavy (non-hydrogen) atoms. The van der Waals surface area contributed by atoms with Crippen LogP contribution in [0, 0.1) is 11.8 Å². The Kier molecular flexibility index (Phi) is 5.01. The van der Waals surface area contributed by atoms with Crippen LogP contribution in [0.4, 0.5) is 5.69 Å². The van der Waals surface area contributed by atoms with Gasteiger partial charge in [-0.25, -0.2) is 0 Å². The minimum Gasteiger partial charge on any atom is -0.461 e. The number of para-hydroxylation sites is 1. The number of rotatable bonds is 2. The highest BCUT2D eigenvalue weighted by molar-refractivity contribution is 6.33. The first-order valence-corrected chi connectivity index (χ1v) is 11.2. The third-order valence-electron chi connectivity index (χ3n) is 7.39. The van der Waals surface area contributed by atoms with Crippen LogP contribution >= 0.6 is 11.6 Å². The van der Waals surface area contributed by atoms with Crippen LogP contribution in [0.1, 0.15) is 56.9 Å². The van der Waals surface area contributed by atoms with Crippen molar-refractivity contribution in [1.82, 2.24) is 5.32 Å². The summed E-state index contributed by atoms with van der Waals surface area (Å²) in [5.74, 6) is 0.915. The highest BCUT2D eigenvalue weighted by atomic mass is 35.5. The third-order valence-corrected chi connectivity index (χ3v) is 7.70. The molecule has 2 N–H and O–H groups in total. The second kappa shape index (κ2) is 7.41. The molecule has 0 amide bonds. The first-order chi connectivity index (χ1) is 14.0. The molecule has 3 fully saturated rings. The molecular weight excluding hydrogens is 392 g/mol. The number of carbonyl (C=O) groups excluding carboxylic acids is 1. The van der Waals surface area contributed by atoms with E-state index in [0.29, 0.717) is 28.1 Å². The minimum atomic E-state index is -1.32. The number of benzene rings is 1. The van der Waals surface area contributed by atoms with E-state index in [-0.39, 0.29) is 18.5 Å². The van der Waals surface area contributed by atoms with Crippen molar-refractivity contribution in [2.24, 2.45) is 11.8 Å². The molecule has 6 atom stereocenters. The van der Waals surface area contributed by atoms with Gasteiger partial charge < -0.3 is 9.84 Å². The zero-order chi connectivity index (χ0) is 20.2. The summed E-state index contributed by atoms with van der Waals surface area (Å²) >= 11 is 6.34. The van der Waals surface area contributed by atoms with Gasteiger partial charge in [0, 0.05) is 19.0 Å². The van der Waals surface area contributed by atoms with Gasteiger partial charge in [0.1, 0.15) is 17.7 Å². The van der Waals surface area contributed by atoms with Gasteiger partial charge in [0.15, 0.2) is 6.23 Å². The average Bonchev–Trinajstić information content (AvgIpc) is 3.06. The summed E-state index contributed by atoms with van der Waals surface area (Å²) < 4.78 is 6.03. The van der Waals surface area contributed by atoms with E-state index < -0.39 is 17.9 Å². The van der Waals surface area contributed by atoms with Crippen molar-refractivity contribution in [3.05, 3.63) is 28.8 Å². The predicted molar refractivity (Wildman–Crippen MR) is 109 cm³/mol. The fourth-order valence-corrected chi connectivity index (χ4v) is 6.26. The number of hydrogen-bond donors (Lipinski definition) is 2. The van der Waals surface area contributed by atoms with Gasteiger partial charge in [0.25, 0.3) is 0 Å². The number of carbonyl (C=O) groups is 1. The van der Waals surface area contributed by atoms with Gasteiger partial charge >= 0.3 is 5.97 Å². The number of anilines is 1. The maximum atomic E-state index is 13.0. The SMILES string of the molecule is CN1O[C@H]2N[C@H](C(=O)OC3CCCC4CCCCC43)C[C@@]2(O)c2cccc(Cl)c21. The Morgan fingerprint density at radius 3 is 2.93 bits per heavy atom. The van der Waals surface area contributed by atoms with E-state index >= 15 is 0 Å². The van der Waals surface area contributed by atoms with Crippen molar-refractivity contribution in [1.29, 1.82) is 0 Å². The van der Waals surface area contributed by atoms with E-state index in [9.17, 15) is 9.90 Å². The van der Waals surface area contributed by atoms with Crippen LogP contribution in [0.3, 0.4) is 0 Å². The standard InChI is InChI=1S/C22H29ClN2O4/c1-25-19-15(9-5-10-16(19)23)22(27)12-17(24-21(22)29-25)20(26)28-18-11-4-7-13-6-2-3-8-14(13)18/h5,9-10,13-14,17-18,21,24,27H,2-4,6-8,11-12H2,1H3/t13?,14?,17-,18?,21+,22+/m0/s1. The molecule has 0 aromatic heterocycles. The Morgan fingerprint density at radius 2 is 2.07 bits per heavy atom. The monoisotopic (exact) mass is 420 g/mol. The third kappa shape index (κ3) is 3.25. The Balaban J connectivity index is 1.33. The van der Waals surface area contributed by atoms with Crippen molar-refractivity contribution >= 4 is 23.3 Å². The van der Waals surface area contributed by atoms with Crippen molar-refractivity contribution in [3.63, 3.8) is 0 Å². The molecule has 1 aromatic rings. The minimum absolute atomic E-state index is 0.00550. The molecule has 1 saturated heterocycles. The number of halogens is 1. The van der Waals surface area contributed by atoms with Crippen LogP contribution in [-0.4, -0.2) is 36.5 Å². The number of esters is 1. The van der Waals surface area contributed by atoms with E-state index in [1.165, 1.54) is 25.7 Å². The Labute approximate surface area is 176 Å². The van der Waals surface area contributed by atoms with Gasteiger partial charge in [-0.2, -0.15) is 0 Å². The van der Waals surface area contributed by atoms with E-state index in [2.05, 4.69) is 5.32 Å². The Morgan fingerprint density at radius 1 is 1.28 bits per heavy atom. The van der Waals surface area contributed by atoms with E-state index in [1.807, 2.05) is 12.1 Å². The summed E-state index contributed by atoms with van der Waals surface area (Å²) in [4.78, 5) is 18.9. The average molecular weight is 421 g/mol. The molecule has 0 spiro atoms. The fourth-order valence-electron chi connectivity index (χ4n) is 5.97. The second-order valence-electron chi connectivity index (χ2n) is 9.08. The summed E-state index contributed by atoms with van der Waals surface area (Å²) in [7, 11) is 1.75. The zero-order valence-electron chi connectivity index (χ0n) is 16.8. The molecular formula is C22H29ClN2O4. The molecule has 4 aliphatic rings. The molecule has 0 bridgehead atoms. The van der Waals surface area contributed by atoms with Gasteiger partial charge in [-0.1, -0.05) is 43.0 Å². The molecule has 7 heteroatoms. The van der Waals surface area contributed by atoms with Crippen LogP contribution in [0.2, 0.25) is 5.02 Å². The molecule has 6 nitrogen and oxygen atoms in total. The lowest BCUT2D eigenvalue weighted by atomic mass is 9.69. The maximum Gasteiger partial charge on any atom is 0.323 e. The largest absolute Gasteiger partial charge is 0.461 e. The van der Waals surface area contributed by atoms with Crippen LogP contribution in [0.25, 0.3) is 0 Å². The number of ether oxygens (including phenoxy) is 1. The summed E-state index contributed by atoms with van der Waals surface area (Å²) in [5, 5.41) is 16.7. The maximum absolute atomic E-state index is 13.0. The fraction of sp³-hybridized carbons (Fsp3) is 0.682. The molecule has 2 heterocycles. The zero-order valence-corrected chi connectivity index (χ0v) is 17.5. The summed E-state index contributed by atoms with van der Waals surface area (Å²) in [5.41, 5.74) is -0.00580. The molecule has 2 aliphatic heterocycles. The summed E-state index contributed by atoms with van der Waals surface area (Å²) in [6.45, 7) is 0. The van der Waals surface area contributed by atoms with E-state index in [4.69, 9.17) is 21.2 Å². The quantitative estimate of drug-likeness (QED) is 0.713. The van der Waals surface area contributed by atoms with Gasteiger partial charge in [-0.05, 0) is 43.6 Å². The van der Waals surface area contributed by atoms with Crippen LogP contribution in [0.15, 0.2) is 18.2 Å². The lowest BCUT2D eigenvalue weighted by Gasteiger charge is -2.41. The predicted octanol–water partition coefficient (Wildman–Crippen LogP) is 3.50. The topological polar surface area (TPSA) is 71.0 Å². The van der Waals surface area contributed by atoms with E-state index in [1.54, 1.807) is 18.2 Å². The number of hydrogen-bond acceptors (Lipinski definition) is 6. The normalized spacial score (nSPS) is 38.7. The lowest BCUT2D eigenvalue weighted by molar-refractivity contribution is -0.159. The molecule has 158 valence electrons. The number of aliphatic hydroxyl groups is 1. The van der Waals surface area contributed by atoms with Gasteiger partial charge in [0.05, 0.1) is 10.7 Å². The number of hydroxylamine groups is 1. The summed E-state index contributed by atoms with van der Waals surface area (Å²) in [6, 6.07) is 4.82. The Hall–Kier alpha value is -1.34. The Bertz CT molecular complexity index is 803. The molecule has 0 radical (unpaired) electrons. The van der Waals surface area contributed by atoms with Crippen molar-refractivity contribution in [2.45, 2.75) is 75.3 Å². The van der Waals surface area contributed by atoms with Crippen molar-refractivity contribution < 1.29 is 19.5 Å². The highest BCUT2D eigenvalue weighted by Gasteiger charge is 2.55. The van der Waals surface area contributed by atoms with Crippen LogP contribution in [0.5, 0.6) is 0 Å². The van der Waals surface area contributed by atoms with Gasteiger partial charge in [0.2, 0.25) is 0 Å². The molecule has 1 aromatic carbocycles. The number of fused-ring (bicyclic) bond motifs is 4. The van der Waals surface area contributed by atoms with Crippen LogP contribution < -0.4 is 10.4 Å². The first-order valence-electron chi connectivity index (χ1n) is 10.9. The summed E-state index contributed by atoms with van der Waals surface area (Å²) in [6.07, 6.45) is 7.79. The molecule has 5 rings (SSSR count). The lowest BCUT2D eigenvalue weighted by Crippen LogP contribution is -2.51. The number of nitrogens with zero attached hydrogens (tertiary/aromatic N) is 1. The molecule has 2 saturated carbocycles. The van der Waals surface area contributed by atoms with Gasteiger partial charge in [-0.3, -0.25) is 20.0 Å². The van der Waals surface area contributed by atoms with Crippen LogP contribution in [-0.2, 0) is 20.0 Å². The van der Waals surface area contributed by atoms with E-state index in [0.717, 1.165) is 19.3 Å². The number of nitrogens with one attached hydrogen (secondary N) is 1. The highest BCUT2D eigenvalue weighted by Crippen LogP contribution is 2.48. The van der Waals surface area contributed by atoms with Crippen molar-refractivity contribution in [2.75, 3.05) is 12.1 Å². The van der Waals surface area contributed by atoms with Crippen molar-refractivity contribution in [3.8, 4) is 0 Å². The first kappa shape index (κ1) is 19.6. The second-order valence-corrected chi connectivity index (χ2v) is 9.49. The van der Waals surface area contributed by atoms with Gasteiger partial charge in [-0.15, -0.1) is 0 Å².